The maximum absolute atomic E-state index is 9.32. The van der Waals surface area contributed by atoms with Gasteiger partial charge in [-0.25, -0.2) is 0 Å². The molecule has 0 aliphatic heterocycles. The minimum Gasteiger partial charge on any atom is -0.394 e. The van der Waals surface area contributed by atoms with E-state index in [0.717, 1.165) is 12.8 Å². The Morgan fingerprint density at radius 2 is 1.85 bits per heavy atom. The Morgan fingerprint density at radius 3 is 2.15 bits per heavy atom. The minimum atomic E-state index is -0.108. The van der Waals surface area contributed by atoms with Gasteiger partial charge in [-0.3, -0.25) is 0 Å². The van der Waals surface area contributed by atoms with Gasteiger partial charge in [0.25, 0.3) is 0 Å². The molecule has 0 aromatic carbocycles. The normalized spacial score (nSPS) is 18.7. The molecule has 0 radical (unpaired) electrons. The standard InChI is InChI=1S/C11H25NO/c1-6-10(4)12-11(5,8-13)7-9(2)3/h9-10,12-13H,6-8H2,1-5H3. The van der Waals surface area contributed by atoms with Crippen LogP contribution in [0.5, 0.6) is 0 Å². The highest BCUT2D eigenvalue weighted by Crippen LogP contribution is 2.17. The van der Waals surface area contributed by atoms with E-state index in [-0.39, 0.29) is 12.1 Å². The molecule has 2 nitrogen and oxygen atoms in total. The number of nitrogens with one attached hydrogen (secondary N) is 1. The molecular weight excluding hydrogens is 162 g/mol. The van der Waals surface area contributed by atoms with Crippen LogP contribution in [0.25, 0.3) is 0 Å². The fourth-order valence-corrected chi connectivity index (χ4v) is 1.77. The van der Waals surface area contributed by atoms with Gasteiger partial charge in [-0.1, -0.05) is 20.8 Å². The van der Waals surface area contributed by atoms with E-state index >= 15 is 0 Å². The van der Waals surface area contributed by atoms with Crippen LogP contribution < -0.4 is 5.32 Å². The van der Waals surface area contributed by atoms with Crippen LogP contribution in [0.15, 0.2) is 0 Å². The van der Waals surface area contributed by atoms with Gasteiger partial charge in [-0.2, -0.15) is 0 Å². The van der Waals surface area contributed by atoms with Gasteiger partial charge in [-0.15, -0.1) is 0 Å². The van der Waals surface area contributed by atoms with E-state index in [1.165, 1.54) is 0 Å². The summed E-state index contributed by atoms with van der Waals surface area (Å²) in [6.45, 7) is 11.0. The maximum atomic E-state index is 9.32. The molecule has 0 aliphatic rings. The van der Waals surface area contributed by atoms with Crippen LogP contribution in [0.3, 0.4) is 0 Å². The quantitative estimate of drug-likeness (QED) is 0.668. The predicted octanol–water partition coefficient (Wildman–Crippen LogP) is 2.17. The molecule has 2 atom stereocenters. The van der Waals surface area contributed by atoms with Gasteiger partial charge in [0.15, 0.2) is 0 Å². The Kier molecular flexibility index (Phi) is 5.57. The third-order valence-electron chi connectivity index (χ3n) is 2.41. The van der Waals surface area contributed by atoms with E-state index in [0.29, 0.717) is 12.0 Å². The second-order valence-corrected chi connectivity index (χ2v) is 4.77. The third kappa shape index (κ3) is 5.27. The zero-order chi connectivity index (χ0) is 10.5. The fraction of sp³-hybridized carbons (Fsp3) is 1.00. The molecule has 0 aliphatic carbocycles. The van der Waals surface area contributed by atoms with Crippen LogP contribution >= 0.6 is 0 Å². The van der Waals surface area contributed by atoms with Gasteiger partial charge in [0.2, 0.25) is 0 Å². The van der Waals surface area contributed by atoms with E-state index in [1.807, 2.05) is 0 Å². The van der Waals surface area contributed by atoms with Crippen molar-refractivity contribution in [3.63, 3.8) is 0 Å². The molecule has 2 heteroatoms. The highest BCUT2D eigenvalue weighted by atomic mass is 16.3. The zero-order valence-electron chi connectivity index (χ0n) is 9.72. The Labute approximate surface area is 82.7 Å². The molecule has 0 heterocycles. The first-order valence-electron chi connectivity index (χ1n) is 5.32. The first kappa shape index (κ1) is 12.9. The van der Waals surface area contributed by atoms with Crippen molar-refractivity contribution in [1.82, 2.24) is 5.32 Å². The van der Waals surface area contributed by atoms with Crippen molar-refractivity contribution in [3.8, 4) is 0 Å². The third-order valence-corrected chi connectivity index (χ3v) is 2.41. The number of hydrogen-bond donors (Lipinski definition) is 2. The van der Waals surface area contributed by atoms with Gasteiger partial charge in [0.05, 0.1) is 6.61 Å². The summed E-state index contributed by atoms with van der Waals surface area (Å²) in [5.41, 5.74) is -0.108. The van der Waals surface area contributed by atoms with Crippen molar-refractivity contribution in [3.05, 3.63) is 0 Å². The average molecular weight is 187 g/mol. The monoisotopic (exact) mass is 187 g/mol. The van der Waals surface area contributed by atoms with Gasteiger partial charge in [0.1, 0.15) is 0 Å². The molecule has 0 saturated carbocycles. The van der Waals surface area contributed by atoms with E-state index in [9.17, 15) is 5.11 Å². The molecular formula is C11H25NO. The topological polar surface area (TPSA) is 32.3 Å². The van der Waals surface area contributed by atoms with Crippen LogP contribution in [0.1, 0.15) is 47.5 Å². The summed E-state index contributed by atoms with van der Waals surface area (Å²) in [6, 6.07) is 0.482. The van der Waals surface area contributed by atoms with E-state index < -0.39 is 0 Å². The lowest BCUT2D eigenvalue weighted by atomic mass is 9.90. The lowest BCUT2D eigenvalue weighted by Gasteiger charge is -2.33. The number of aliphatic hydroxyl groups is 1. The highest BCUT2D eigenvalue weighted by Gasteiger charge is 2.25. The maximum Gasteiger partial charge on any atom is 0.0610 e. The van der Waals surface area contributed by atoms with Crippen molar-refractivity contribution in [1.29, 1.82) is 0 Å². The second-order valence-electron chi connectivity index (χ2n) is 4.77. The lowest BCUT2D eigenvalue weighted by molar-refractivity contribution is 0.141. The molecule has 0 rings (SSSR count). The highest BCUT2D eigenvalue weighted by molar-refractivity contribution is 4.85. The van der Waals surface area contributed by atoms with Crippen molar-refractivity contribution >= 4 is 0 Å². The first-order valence-corrected chi connectivity index (χ1v) is 5.32. The number of rotatable bonds is 6. The smallest absolute Gasteiger partial charge is 0.0610 e. The zero-order valence-corrected chi connectivity index (χ0v) is 9.72. The number of aliphatic hydroxyl groups excluding tert-OH is 1. The van der Waals surface area contributed by atoms with Gasteiger partial charge >= 0.3 is 0 Å². The predicted molar refractivity (Wildman–Crippen MR) is 57.8 cm³/mol. The van der Waals surface area contributed by atoms with Crippen molar-refractivity contribution in [2.24, 2.45) is 5.92 Å². The summed E-state index contributed by atoms with van der Waals surface area (Å²) in [4.78, 5) is 0. The summed E-state index contributed by atoms with van der Waals surface area (Å²) < 4.78 is 0. The van der Waals surface area contributed by atoms with Crippen LogP contribution in [-0.4, -0.2) is 23.3 Å². The minimum absolute atomic E-state index is 0.108. The molecule has 0 aromatic rings. The van der Waals surface area contributed by atoms with E-state index in [4.69, 9.17) is 0 Å². The lowest BCUT2D eigenvalue weighted by Crippen LogP contribution is -2.50. The summed E-state index contributed by atoms with van der Waals surface area (Å²) >= 11 is 0. The summed E-state index contributed by atoms with van der Waals surface area (Å²) in [5, 5.41) is 12.8. The van der Waals surface area contributed by atoms with Crippen LogP contribution in [0, 0.1) is 5.92 Å². The second kappa shape index (κ2) is 5.61. The van der Waals surface area contributed by atoms with E-state index in [1.54, 1.807) is 0 Å². The molecule has 0 bridgehead atoms. The molecule has 13 heavy (non-hydrogen) atoms. The van der Waals surface area contributed by atoms with Crippen LogP contribution in [-0.2, 0) is 0 Å². The fourth-order valence-electron chi connectivity index (χ4n) is 1.77. The van der Waals surface area contributed by atoms with Gasteiger partial charge in [0, 0.05) is 11.6 Å². The Hall–Kier alpha value is -0.0800. The summed E-state index contributed by atoms with van der Waals surface area (Å²) in [7, 11) is 0. The molecule has 0 fully saturated rings. The molecule has 0 aromatic heterocycles. The summed E-state index contributed by atoms with van der Waals surface area (Å²) in [5.74, 6) is 0.619. The Balaban J connectivity index is 4.10. The number of hydrogen-bond acceptors (Lipinski definition) is 2. The molecule has 2 N–H and O–H groups in total. The SMILES string of the molecule is CCC(C)NC(C)(CO)CC(C)C. The molecule has 0 saturated heterocycles. The largest absolute Gasteiger partial charge is 0.394 e. The molecule has 0 spiro atoms. The van der Waals surface area contributed by atoms with Gasteiger partial charge < -0.3 is 10.4 Å². The van der Waals surface area contributed by atoms with Crippen LogP contribution in [0.4, 0.5) is 0 Å². The average Bonchev–Trinajstić information content (AvgIpc) is 2.02. The van der Waals surface area contributed by atoms with E-state index in [2.05, 4.69) is 39.9 Å². The van der Waals surface area contributed by atoms with Crippen molar-refractivity contribution in [2.45, 2.75) is 59.0 Å². The Bertz CT molecular complexity index is 136. The van der Waals surface area contributed by atoms with Crippen LogP contribution in [0.2, 0.25) is 0 Å². The first-order chi connectivity index (χ1) is 5.93. The van der Waals surface area contributed by atoms with Gasteiger partial charge in [-0.05, 0) is 32.6 Å². The molecule has 80 valence electrons. The summed E-state index contributed by atoms with van der Waals surface area (Å²) in [6.07, 6.45) is 2.13. The molecule has 0 amide bonds. The molecule has 2 unspecified atom stereocenters. The van der Waals surface area contributed by atoms with Crippen molar-refractivity contribution < 1.29 is 5.11 Å². The Morgan fingerprint density at radius 1 is 1.31 bits per heavy atom. The van der Waals surface area contributed by atoms with Crippen molar-refractivity contribution in [2.75, 3.05) is 6.61 Å².